The minimum absolute atomic E-state index is 0.000948. The Balaban J connectivity index is 2.75. The smallest absolute Gasteiger partial charge is 0.326 e. The third kappa shape index (κ3) is 10.7. The molecule has 0 spiro atoms. The molecular formula is C21H38N8O5. The van der Waals surface area contributed by atoms with Gasteiger partial charge in [0.1, 0.15) is 18.1 Å². The summed E-state index contributed by atoms with van der Waals surface area (Å²) in [5.41, 5.74) is 17.3. The molecular weight excluding hydrogens is 444 g/mol. The molecule has 0 aliphatic heterocycles. The van der Waals surface area contributed by atoms with E-state index in [0.717, 1.165) is 6.42 Å². The number of nitrogens with two attached hydrogens (primary N) is 3. The Kier molecular flexibility index (Phi) is 13.4. The molecule has 11 N–H and O–H groups in total. The highest BCUT2D eigenvalue weighted by molar-refractivity contribution is 5.93. The summed E-state index contributed by atoms with van der Waals surface area (Å²) in [6.07, 6.45) is 6.17. The zero-order valence-corrected chi connectivity index (χ0v) is 19.6. The molecule has 0 saturated heterocycles. The van der Waals surface area contributed by atoms with Gasteiger partial charge in [-0.2, -0.15) is 0 Å². The molecule has 0 aliphatic carbocycles. The first-order valence-electron chi connectivity index (χ1n) is 11.5. The molecule has 0 aliphatic rings. The Labute approximate surface area is 199 Å². The quantitative estimate of drug-likeness (QED) is 0.116. The van der Waals surface area contributed by atoms with Crippen LogP contribution in [0.1, 0.15) is 51.1 Å². The van der Waals surface area contributed by atoms with Crippen LogP contribution < -0.4 is 33.2 Å². The lowest BCUT2D eigenvalue weighted by Crippen LogP contribution is -2.56. The standard InChI is InChI=1S/C21H38N8O5/c1-13(27-19(31)15(24)6-2-4-8-22)18(30)28-16(7-3-5-9-23)20(32)29-17(21(33)34)10-14-11-25-12-26-14/h11-13,15-17H,2-10,22-24H2,1H3,(H,25,26)(H,27,31)(H,28,30)(H,29,32)(H,33,34). The summed E-state index contributed by atoms with van der Waals surface area (Å²) < 4.78 is 0. The molecule has 0 fully saturated rings. The van der Waals surface area contributed by atoms with Gasteiger partial charge in [-0.3, -0.25) is 14.4 Å². The molecule has 1 aromatic rings. The van der Waals surface area contributed by atoms with Crippen molar-refractivity contribution in [2.24, 2.45) is 17.2 Å². The van der Waals surface area contributed by atoms with Crippen LogP contribution in [-0.2, 0) is 25.6 Å². The van der Waals surface area contributed by atoms with E-state index in [1.807, 2.05) is 0 Å². The van der Waals surface area contributed by atoms with Crippen LogP contribution in [0.25, 0.3) is 0 Å². The summed E-state index contributed by atoms with van der Waals surface area (Å²) in [6.45, 7) is 2.40. The van der Waals surface area contributed by atoms with Crippen molar-refractivity contribution < 1.29 is 24.3 Å². The lowest BCUT2D eigenvalue weighted by molar-refractivity contribution is -0.142. The molecule has 34 heavy (non-hydrogen) atoms. The zero-order chi connectivity index (χ0) is 25.5. The van der Waals surface area contributed by atoms with Crippen molar-refractivity contribution in [2.75, 3.05) is 13.1 Å². The van der Waals surface area contributed by atoms with Gasteiger partial charge >= 0.3 is 5.97 Å². The third-order valence-electron chi connectivity index (χ3n) is 5.23. The molecule has 0 aromatic carbocycles. The number of imidazole rings is 1. The zero-order valence-electron chi connectivity index (χ0n) is 19.6. The first-order valence-corrected chi connectivity index (χ1v) is 11.5. The predicted molar refractivity (Wildman–Crippen MR) is 125 cm³/mol. The molecule has 13 nitrogen and oxygen atoms in total. The number of aromatic amines is 1. The van der Waals surface area contributed by atoms with Crippen LogP contribution in [0.5, 0.6) is 0 Å². The molecule has 0 bridgehead atoms. The Bertz CT molecular complexity index is 773. The predicted octanol–water partition coefficient (Wildman–Crippen LogP) is -1.90. The molecule has 0 radical (unpaired) electrons. The van der Waals surface area contributed by atoms with Gasteiger partial charge in [0.05, 0.1) is 12.4 Å². The first-order chi connectivity index (χ1) is 16.2. The Morgan fingerprint density at radius 2 is 1.56 bits per heavy atom. The van der Waals surface area contributed by atoms with Crippen molar-refractivity contribution in [1.29, 1.82) is 0 Å². The summed E-state index contributed by atoms with van der Waals surface area (Å²) in [6, 6.07) is -3.94. The molecule has 3 amide bonds. The number of carbonyl (C=O) groups is 4. The van der Waals surface area contributed by atoms with Crippen molar-refractivity contribution in [3.05, 3.63) is 18.2 Å². The number of nitrogens with zero attached hydrogens (tertiary/aromatic N) is 1. The van der Waals surface area contributed by atoms with Crippen LogP contribution in [0.4, 0.5) is 0 Å². The number of carboxylic acids is 1. The lowest BCUT2D eigenvalue weighted by Gasteiger charge is -2.23. The molecule has 4 atom stereocenters. The van der Waals surface area contributed by atoms with Gasteiger partial charge in [0.25, 0.3) is 0 Å². The number of aromatic nitrogens is 2. The number of H-pyrrole nitrogens is 1. The Morgan fingerprint density at radius 1 is 0.941 bits per heavy atom. The van der Waals surface area contributed by atoms with E-state index in [1.165, 1.54) is 19.4 Å². The van der Waals surface area contributed by atoms with Gasteiger partial charge in [-0.15, -0.1) is 0 Å². The molecule has 1 aromatic heterocycles. The number of unbranched alkanes of at least 4 members (excludes halogenated alkanes) is 2. The van der Waals surface area contributed by atoms with Crippen LogP contribution in [-0.4, -0.2) is 76.0 Å². The van der Waals surface area contributed by atoms with E-state index in [4.69, 9.17) is 17.2 Å². The second-order valence-electron chi connectivity index (χ2n) is 8.15. The number of rotatable bonds is 17. The lowest BCUT2D eigenvalue weighted by atomic mass is 10.1. The van der Waals surface area contributed by atoms with E-state index in [2.05, 4.69) is 25.9 Å². The van der Waals surface area contributed by atoms with Gasteiger partial charge in [0, 0.05) is 18.3 Å². The van der Waals surface area contributed by atoms with E-state index in [1.54, 1.807) is 0 Å². The molecule has 192 valence electrons. The molecule has 4 unspecified atom stereocenters. The summed E-state index contributed by atoms with van der Waals surface area (Å²) >= 11 is 0. The van der Waals surface area contributed by atoms with Crippen LogP contribution in [0.3, 0.4) is 0 Å². The summed E-state index contributed by atoms with van der Waals surface area (Å²) in [5, 5.41) is 17.1. The van der Waals surface area contributed by atoms with Gasteiger partial charge in [-0.25, -0.2) is 9.78 Å². The number of carboxylic acid groups (broad SMARTS) is 1. The van der Waals surface area contributed by atoms with E-state index >= 15 is 0 Å². The second kappa shape index (κ2) is 15.7. The SMILES string of the molecule is CC(NC(=O)C(N)CCCCN)C(=O)NC(CCCCN)C(=O)NC(Cc1cnc[nH]1)C(=O)O. The maximum Gasteiger partial charge on any atom is 0.326 e. The molecule has 1 heterocycles. The van der Waals surface area contributed by atoms with Crippen molar-refractivity contribution in [2.45, 2.75) is 76.0 Å². The summed E-state index contributed by atoms with van der Waals surface area (Å²) in [7, 11) is 0. The average molecular weight is 483 g/mol. The number of nitrogens with one attached hydrogen (secondary N) is 4. The van der Waals surface area contributed by atoms with Crippen LogP contribution in [0.15, 0.2) is 12.5 Å². The fourth-order valence-corrected chi connectivity index (χ4v) is 3.17. The number of carbonyl (C=O) groups excluding carboxylic acids is 3. The van der Waals surface area contributed by atoms with Gasteiger partial charge in [0.2, 0.25) is 17.7 Å². The van der Waals surface area contributed by atoms with E-state index in [-0.39, 0.29) is 12.8 Å². The largest absolute Gasteiger partial charge is 0.480 e. The van der Waals surface area contributed by atoms with E-state index in [0.29, 0.717) is 44.5 Å². The highest BCUT2D eigenvalue weighted by atomic mass is 16.4. The molecule has 0 saturated carbocycles. The van der Waals surface area contributed by atoms with Crippen LogP contribution >= 0.6 is 0 Å². The van der Waals surface area contributed by atoms with Crippen molar-refractivity contribution >= 4 is 23.7 Å². The van der Waals surface area contributed by atoms with Crippen LogP contribution in [0, 0.1) is 0 Å². The van der Waals surface area contributed by atoms with E-state index < -0.39 is 47.9 Å². The van der Waals surface area contributed by atoms with Crippen molar-refractivity contribution in [3.63, 3.8) is 0 Å². The van der Waals surface area contributed by atoms with Gasteiger partial charge in [-0.05, 0) is 52.1 Å². The maximum atomic E-state index is 12.9. The van der Waals surface area contributed by atoms with Crippen molar-refractivity contribution in [1.82, 2.24) is 25.9 Å². The topological polar surface area (TPSA) is 231 Å². The number of aliphatic carboxylic acids is 1. The highest BCUT2D eigenvalue weighted by Crippen LogP contribution is 2.05. The number of hydrogen-bond acceptors (Lipinski definition) is 8. The average Bonchev–Trinajstić information content (AvgIpc) is 3.30. The Hall–Kier alpha value is -3.03. The Morgan fingerprint density at radius 3 is 2.12 bits per heavy atom. The van der Waals surface area contributed by atoms with Gasteiger partial charge in [-0.1, -0.05) is 6.42 Å². The third-order valence-corrected chi connectivity index (χ3v) is 5.23. The van der Waals surface area contributed by atoms with Crippen LogP contribution in [0.2, 0.25) is 0 Å². The van der Waals surface area contributed by atoms with Crippen molar-refractivity contribution in [3.8, 4) is 0 Å². The summed E-state index contributed by atoms with van der Waals surface area (Å²) in [5.74, 6) is -2.93. The molecule has 13 heteroatoms. The number of hydrogen-bond donors (Lipinski definition) is 8. The van der Waals surface area contributed by atoms with Gasteiger partial charge in [0.15, 0.2) is 0 Å². The normalized spacial score (nSPS) is 14.5. The highest BCUT2D eigenvalue weighted by Gasteiger charge is 2.29. The second-order valence-corrected chi connectivity index (χ2v) is 8.15. The number of amides is 3. The van der Waals surface area contributed by atoms with Gasteiger partial charge < -0.3 is 43.2 Å². The fraction of sp³-hybridized carbons (Fsp3) is 0.667. The minimum Gasteiger partial charge on any atom is -0.480 e. The molecule has 1 rings (SSSR count). The van der Waals surface area contributed by atoms with E-state index in [9.17, 15) is 24.3 Å². The maximum absolute atomic E-state index is 12.9. The minimum atomic E-state index is -1.22. The first kappa shape index (κ1) is 29.0. The fourth-order valence-electron chi connectivity index (χ4n) is 3.17. The summed E-state index contributed by atoms with van der Waals surface area (Å²) in [4.78, 5) is 56.0. The monoisotopic (exact) mass is 482 g/mol.